The molecule has 3 nitrogen and oxygen atoms in total. The van der Waals surface area contributed by atoms with Crippen molar-refractivity contribution in [2.45, 2.75) is 33.0 Å². The zero-order valence-electron chi connectivity index (χ0n) is 11.0. The Morgan fingerprint density at radius 3 is 2.89 bits per heavy atom. The normalized spacial score (nSPS) is 10.9. The molecule has 0 spiro atoms. The quantitative estimate of drug-likeness (QED) is 0.881. The highest BCUT2D eigenvalue weighted by Crippen LogP contribution is 2.19. The summed E-state index contributed by atoms with van der Waals surface area (Å²) in [5.74, 6) is -0.0830. The topological polar surface area (TPSA) is 34.2 Å². The van der Waals surface area contributed by atoms with Crippen molar-refractivity contribution in [2.24, 2.45) is 0 Å². The van der Waals surface area contributed by atoms with Gasteiger partial charge in [0.15, 0.2) is 11.6 Å². The average molecular weight is 280 g/mol. The van der Waals surface area contributed by atoms with Crippen molar-refractivity contribution in [2.75, 3.05) is 0 Å². The molecular weight excluding hydrogens is 263 g/mol. The molecule has 0 fully saturated rings. The van der Waals surface area contributed by atoms with E-state index in [1.807, 2.05) is 6.20 Å². The Kier molecular flexibility index (Phi) is 4.87. The Morgan fingerprint density at radius 1 is 1.37 bits per heavy atom. The fraction of sp³-hybridized carbons (Fsp3) is 0.357. The molecule has 5 heteroatoms. The van der Waals surface area contributed by atoms with Crippen LogP contribution in [0.2, 0.25) is 0 Å². The summed E-state index contributed by atoms with van der Waals surface area (Å²) in [6.07, 6.45) is 1.83. The molecular formula is C14H17FN2OS. The highest BCUT2D eigenvalue weighted by molar-refractivity contribution is 7.11. The molecule has 0 aliphatic carbocycles. The molecule has 0 aliphatic rings. The van der Waals surface area contributed by atoms with Crippen LogP contribution in [0, 0.1) is 5.82 Å². The third-order valence-corrected chi connectivity index (χ3v) is 3.44. The molecule has 0 aliphatic heterocycles. The zero-order valence-corrected chi connectivity index (χ0v) is 11.8. The molecule has 0 saturated heterocycles. The molecule has 1 N–H and O–H groups in total. The van der Waals surface area contributed by atoms with Gasteiger partial charge in [0.25, 0.3) is 0 Å². The fourth-order valence-corrected chi connectivity index (χ4v) is 2.29. The van der Waals surface area contributed by atoms with Crippen molar-refractivity contribution < 1.29 is 9.13 Å². The molecule has 0 saturated carbocycles. The molecule has 102 valence electrons. The fourth-order valence-electron chi connectivity index (χ4n) is 1.50. The van der Waals surface area contributed by atoms with Gasteiger partial charge in [-0.15, -0.1) is 11.3 Å². The molecule has 0 amide bonds. The Bertz CT molecular complexity index is 528. The Balaban J connectivity index is 1.88. The number of hydrogen-bond acceptors (Lipinski definition) is 4. The van der Waals surface area contributed by atoms with Crippen LogP contribution in [0.15, 0.2) is 30.5 Å². The molecule has 2 aromatic rings. The van der Waals surface area contributed by atoms with E-state index >= 15 is 0 Å². The number of rotatable bonds is 6. The maximum Gasteiger partial charge on any atom is 0.165 e. The predicted octanol–water partition coefficient (Wildman–Crippen LogP) is 3.36. The van der Waals surface area contributed by atoms with Crippen molar-refractivity contribution in [3.05, 3.63) is 46.2 Å². The van der Waals surface area contributed by atoms with Gasteiger partial charge < -0.3 is 10.1 Å². The van der Waals surface area contributed by atoms with Crippen LogP contribution in [0.5, 0.6) is 5.75 Å². The van der Waals surface area contributed by atoms with E-state index in [-0.39, 0.29) is 11.6 Å². The Labute approximate surface area is 116 Å². The SMILES string of the molecule is CC(C)NCc1cnc(COc2ccccc2F)s1. The summed E-state index contributed by atoms with van der Waals surface area (Å²) in [5, 5.41) is 4.18. The van der Waals surface area contributed by atoms with Crippen molar-refractivity contribution in [3.63, 3.8) is 0 Å². The molecule has 0 bridgehead atoms. The first kappa shape index (κ1) is 14.0. The highest BCUT2D eigenvalue weighted by Gasteiger charge is 2.06. The van der Waals surface area contributed by atoms with E-state index in [2.05, 4.69) is 24.1 Å². The van der Waals surface area contributed by atoms with Crippen molar-refractivity contribution in [3.8, 4) is 5.75 Å². The first-order chi connectivity index (χ1) is 9.15. The number of nitrogens with zero attached hydrogens (tertiary/aromatic N) is 1. The Morgan fingerprint density at radius 2 is 2.16 bits per heavy atom. The number of thiazole rings is 1. The number of halogens is 1. The maximum atomic E-state index is 13.4. The summed E-state index contributed by atoms with van der Waals surface area (Å²) in [5.41, 5.74) is 0. The van der Waals surface area contributed by atoms with Crippen LogP contribution in [0.1, 0.15) is 23.7 Å². The van der Waals surface area contributed by atoms with Crippen molar-refractivity contribution in [1.29, 1.82) is 0 Å². The molecule has 1 heterocycles. The molecule has 0 radical (unpaired) electrons. The molecule has 0 unspecified atom stereocenters. The lowest BCUT2D eigenvalue weighted by Crippen LogP contribution is -2.21. The standard InChI is InChI=1S/C14H17FN2OS/c1-10(2)16-7-11-8-17-14(19-11)9-18-13-6-4-3-5-12(13)15/h3-6,8,10,16H,7,9H2,1-2H3. The van der Waals surface area contributed by atoms with Gasteiger partial charge in [-0.05, 0) is 12.1 Å². The maximum absolute atomic E-state index is 13.4. The lowest BCUT2D eigenvalue weighted by molar-refractivity contribution is 0.290. The Hall–Kier alpha value is -1.46. The zero-order chi connectivity index (χ0) is 13.7. The molecule has 2 rings (SSSR count). The van der Waals surface area contributed by atoms with E-state index in [4.69, 9.17) is 4.74 Å². The number of nitrogens with one attached hydrogen (secondary N) is 1. The van der Waals surface area contributed by atoms with Crippen LogP contribution in [0.25, 0.3) is 0 Å². The average Bonchev–Trinajstić information content (AvgIpc) is 2.83. The number of aromatic nitrogens is 1. The number of benzene rings is 1. The van der Waals surface area contributed by atoms with Gasteiger partial charge in [0.2, 0.25) is 0 Å². The van der Waals surface area contributed by atoms with E-state index in [0.717, 1.165) is 16.4 Å². The summed E-state index contributed by atoms with van der Waals surface area (Å²) in [6, 6.07) is 6.83. The van der Waals surface area contributed by atoms with Gasteiger partial charge in [0.1, 0.15) is 11.6 Å². The molecule has 19 heavy (non-hydrogen) atoms. The minimum atomic E-state index is -0.347. The van der Waals surface area contributed by atoms with E-state index in [0.29, 0.717) is 12.6 Å². The van der Waals surface area contributed by atoms with E-state index in [1.165, 1.54) is 6.07 Å². The van der Waals surface area contributed by atoms with E-state index in [9.17, 15) is 4.39 Å². The third kappa shape index (κ3) is 4.29. The summed E-state index contributed by atoms with van der Waals surface area (Å²) in [6.45, 7) is 5.30. The second kappa shape index (κ2) is 6.63. The second-order valence-electron chi connectivity index (χ2n) is 4.48. The van der Waals surface area contributed by atoms with Gasteiger partial charge in [-0.2, -0.15) is 0 Å². The van der Waals surface area contributed by atoms with Gasteiger partial charge in [-0.1, -0.05) is 26.0 Å². The van der Waals surface area contributed by atoms with Gasteiger partial charge in [0, 0.05) is 23.7 Å². The summed E-state index contributed by atoms with van der Waals surface area (Å²) >= 11 is 1.58. The van der Waals surface area contributed by atoms with Crippen LogP contribution in [0.4, 0.5) is 4.39 Å². The lowest BCUT2D eigenvalue weighted by atomic mass is 10.3. The lowest BCUT2D eigenvalue weighted by Gasteiger charge is -2.05. The van der Waals surface area contributed by atoms with Gasteiger partial charge in [0.05, 0.1) is 0 Å². The van der Waals surface area contributed by atoms with E-state index in [1.54, 1.807) is 29.5 Å². The molecule has 1 aromatic heterocycles. The summed E-state index contributed by atoms with van der Waals surface area (Å²) < 4.78 is 18.8. The number of ether oxygens (including phenoxy) is 1. The highest BCUT2D eigenvalue weighted by atomic mass is 32.1. The van der Waals surface area contributed by atoms with Crippen LogP contribution in [-0.4, -0.2) is 11.0 Å². The van der Waals surface area contributed by atoms with Gasteiger partial charge >= 0.3 is 0 Å². The van der Waals surface area contributed by atoms with Crippen molar-refractivity contribution in [1.82, 2.24) is 10.3 Å². The minimum absolute atomic E-state index is 0.263. The van der Waals surface area contributed by atoms with Gasteiger partial charge in [-0.25, -0.2) is 9.37 Å². The minimum Gasteiger partial charge on any atom is -0.483 e. The van der Waals surface area contributed by atoms with Crippen molar-refractivity contribution >= 4 is 11.3 Å². The number of para-hydroxylation sites is 1. The van der Waals surface area contributed by atoms with Crippen LogP contribution >= 0.6 is 11.3 Å². The summed E-state index contributed by atoms with van der Waals surface area (Å²) in [7, 11) is 0. The number of hydrogen-bond donors (Lipinski definition) is 1. The van der Waals surface area contributed by atoms with E-state index < -0.39 is 0 Å². The van der Waals surface area contributed by atoms with Crippen LogP contribution < -0.4 is 10.1 Å². The second-order valence-corrected chi connectivity index (χ2v) is 5.67. The summed E-state index contributed by atoms with van der Waals surface area (Å²) in [4.78, 5) is 5.42. The molecule has 1 aromatic carbocycles. The smallest absolute Gasteiger partial charge is 0.165 e. The first-order valence-electron chi connectivity index (χ1n) is 6.19. The monoisotopic (exact) mass is 280 g/mol. The van der Waals surface area contributed by atoms with Gasteiger partial charge in [-0.3, -0.25) is 0 Å². The largest absolute Gasteiger partial charge is 0.483 e. The predicted molar refractivity (Wildman–Crippen MR) is 74.8 cm³/mol. The van der Waals surface area contributed by atoms with Crippen LogP contribution in [-0.2, 0) is 13.2 Å². The van der Waals surface area contributed by atoms with Crippen LogP contribution in [0.3, 0.4) is 0 Å². The third-order valence-electron chi connectivity index (χ3n) is 2.47. The molecule has 0 atom stereocenters. The first-order valence-corrected chi connectivity index (χ1v) is 7.01.